The highest BCUT2D eigenvalue weighted by atomic mass is 16.2. The van der Waals surface area contributed by atoms with Crippen molar-refractivity contribution >= 4 is 11.7 Å². The summed E-state index contributed by atoms with van der Waals surface area (Å²) in [6, 6.07) is 5.49. The van der Waals surface area contributed by atoms with Gasteiger partial charge >= 0.3 is 6.03 Å². The highest BCUT2D eigenvalue weighted by Gasteiger charge is 2.14. The summed E-state index contributed by atoms with van der Waals surface area (Å²) in [6.45, 7) is 7.92. The molecule has 0 aromatic heterocycles. The number of rotatable bonds is 3. The van der Waals surface area contributed by atoms with Gasteiger partial charge in [-0.25, -0.2) is 4.79 Å². The molecule has 21 heavy (non-hydrogen) atoms. The van der Waals surface area contributed by atoms with E-state index >= 15 is 0 Å². The maximum absolute atomic E-state index is 11.9. The van der Waals surface area contributed by atoms with Crippen molar-refractivity contribution in [3.63, 3.8) is 0 Å². The van der Waals surface area contributed by atoms with Gasteiger partial charge in [0.05, 0.1) is 6.61 Å². The summed E-state index contributed by atoms with van der Waals surface area (Å²) in [5, 5.41) is 14.5. The molecule has 4 heteroatoms. The number of carbonyl (C=O) groups is 1. The first-order valence-corrected chi connectivity index (χ1v) is 7.17. The van der Waals surface area contributed by atoms with Gasteiger partial charge in [0.2, 0.25) is 0 Å². The molecule has 114 valence electrons. The Morgan fingerprint density at radius 3 is 2.62 bits per heavy atom. The summed E-state index contributed by atoms with van der Waals surface area (Å²) >= 11 is 0. The fraction of sp³-hybridized carbons (Fsp3) is 0.471. The largest absolute Gasteiger partial charge is 0.395 e. The maximum Gasteiger partial charge on any atom is 0.319 e. The molecule has 0 aliphatic carbocycles. The Morgan fingerprint density at radius 1 is 1.33 bits per heavy atom. The summed E-state index contributed by atoms with van der Waals surface area (Å²) in [6.07, 6.45) is 1.27. The van der Waals surface area contributed by atoms with Crippen molar-refractivity contribution in [2.75, 3.05) is 11.9 Å². The SMILES string of the molecule is CCc1cc(C#CCCO)ccc1NC(=O)NC(C)(C)C. The van der Waals surface area contributed by atoms with Crippen LogP contribution in [-0.4, -0.2) is 23.3 Å². The smallest absolute Gasteiger partial charge is 0.319 e. The molecular weight excluding hydrogens is 264 g/mol. The number of aryl methyl sites for hydroxylation is 1. The highest BCUT2D eigenvalue weighted by Crippen LogP contribution is 2.18. The number of urea groups is 1. The Kier molecular flexibility index (Phi) is 6.26. The van der Waals surface area contributed by atoms with Crippen LogP contribution in [0.15, 0.2) is 18.2 Å². The van der Waals surface area contributed by atoms with Crippen LogP contribution in [0.2, 0.25) is 0 Å². The topological polar surface area (TPSA) is 61.4 Å². The molecule has 3 N–H and O–H groups in total. The zero-order valence-electron chi connectivity index (χ0n) is 13.2. The van der Waals surface area contributed by atoms with Crippen LogP contribution in [0.4, 0.5) is 10.5 Å². The van der Waals surface area contributed by atoms with Crippen molar-refractivity contribution in [3.8, 4) is 11.8 Å². The van der Waals surface area contributed by atoms with Gasteiger partial charge in [0.25, 0.3) is 0 Å². The maximum atomic E-state index is 11.9. The zero-order chi connectivity index (χ0) is 15.9. The van der Waals surface area contributed by atoms with Crippen LogP contribution >= 0.6 is 0 Å². The van der Waals surface area contributed by atoms with E-state index in [0.717, 1.165) is 23.2 Å². The molecule has 0 radical (unpaired) electrons. The van der Waals surface area contributed by atoms with Crippen LogP contribution < -0.4 is 10.6 Å². The number of benzene rings is 1. The van der Waals surface area contributed by atoms with Gasteiger partial charge in [-0.3, -0.25) is 0 Å². The Morgan fingerprint density at radius 2 is 2.05 bits per heavy atom. The highest BCUT2D eigenvalue weighted by molar-refractivity contribution is 5.90. The third-order valence-electron chi connectivity index (χ3n) is 2.69. The molecule has 0 fully saturated rings. The van der Waals surface area contributed by atoms with E-state index in [0.29, 0.717) is 6.42 Å². The van der Waals surface area contributed by atoms with E-state index in [-0.39, 0.29) is 18.2 Å². The van der Waals surface area contributed by atoms with Gasteiger partial charge in [-0.15, -0.1) is 0 Å². The van der Waals surface area contributed by atoms with E-state index in [2.05, 4.69) is 22.5 Å². The number of amides is 2. The van der Waals surface area contributed by atoms with Crippen LogP contribution in [0.1, 0.15) is 45.2 Å². The van der Waals surface area contributed by atoms with Crippen molar-refractivity contribution in [1.82, 2.24) is 5.32 Å². The van der Waals surface area contributed by atoms with Crippen LogP contribution in [0, 0.1) is 11.8 Å². The summed E-state index contributed by atoms with van der Waals surface area (Å²) < 4.78 is 0. The van der Waals surface area contributed by atoms with Gasteiger partial charge in [0.1, 0.15) is 0 Å². The van der Waals surface area contributed by atoms with Gasteiger partial charge in [-0.1, -0.05) is 18.8 Å². The molecule has 4 nitrogen and oxygen atoms in total. The van der Waals surface area contributed by atoms with Crippen LogP contribution in [0.5, 0.6) is 0 Å². The van der Waals surface area contributed by atoms with Crippen molar-refractivity contribution in [2.24, 2.45) is 0 Å². The first kappa shape index (κ1) is 17.1. The molecule has 0 aliphatic rings. The minimum absolute atomic E-state index is 0.0697. The van der Waals surface area contributed by atoms with E-state index in [1.165, 1.54) is 0 Å². The molecule has 0 unspecified atom stereocenters. The Balaban J connectivity index is 2.85. The normalized spacial score (nSPS) is 10.5. The van der Waals surface area contributed by atoms with E-state index in [4.69, 9.17) is 5.11 Å². The Hall–Kier alpha value is -1.99. The molecule has 1 aromatic rings. The number of aliphatic hydroxyl groups excluding tert-OH is 1. The minimum atomic E-state index is -0.272. The van der Waals surface area contributed by atoms with Gasteiger partial charge < -0.3 is 15.7 Å². The third kappa shape index (κ3) is 6.33. The number of nitrogens with one attached hydrogen (secondary N) is 2. The molecule has 0 saturated carbocycles. The quantitative estimate of drug-likeness (QED) is 0.749. The fourth-order valence-corrected chi connectivity index (χ4v) is 1.80. The minimum Gasteiger partial charge on any atom is -0.395 e. The molecule has 0 heterocycles. The number of anilines is 1. The lowest BCUT2D eigenvalue weighted by Crippen LogP contribution is -2.43. The van der Waals surface area contributed by atoms with Crippen molar-refractivity contribution < 1.29 is 9.90 Å². The van der Waals surface area contributed by atoms with E-state index < -0.39 is 0 Å². The van der Waals surface area contributed by atoms with E-state index in [9.17, 15) is 4.79 Å². The second-order valence-electron chi connectivity index (χ2n) is 5.83. The van der Waals surface area contributed by atoms with E-state index in [1.54, 1.807) is 0 Å². The zero-order valence-corrected chi connectivity index (χ0v) is 13.2. The van der Waals surface area contributed by atoms with Gasteiger partial charge in [-0.05, 0) is 51.0 Å². The molecule has 0 aliphatic heterocycles. The average Bonchev–Trinajstić information content (AvgIpc) is 2.38. The second-order valence-corrected chi connectivity index (χ2v) is 5.83. The molecule has 0 bridgehead atoms. The predicted molar refractivity (Wildman–Crippen MR) is 86.3 cm³/mol. The summed E-state index contributed by atoms with van der Waals surface area (Å²) in [5.74, 6) is 5.90. The van der Waals surface area contributed by atoms with Crippen LogP contribution in [-0.2, 0) is 6.42 Å². The molecular formula is C17H24N2O2. The van der Waals surface area contributed by atoms with Crippen LogP contribution in [0.25, 0.3) is 0 Å². The molecule has 2 amide bonds. The molecule has 1 rings (SSSR count). The lowest BCUT2D eigenvalue weighted by molar-refractivity contribution is 0.244. The van der Waals surface area contributed by atoms with Gasteiger partial charge in [0, 0.05) is 23.2 Å². The van der Waals surface area contributed by atoms with Crippen LogP contribution in [0.3, 0.4) is 0 Å². The first-order valence-electron chi connectivity index (χ1n) is 7.17. The fourth-order valence-electron chi connectivity index (χ4n) is 1.80. The monoisotopic (exact) mass is 288 g/mol. The number of carbonyl (C=O) groups excluding carboxylic acids is 1. The number of hydrogen-bond donors (Lipinski definition) is 3. The lowest BCUT2D eigenvalue weighted by atomic mass is 10.1. The Bertz CT molecular complexity index is 548. The first-order chi connectivity index (χ1) is 9.85. The molecule has 0 saturated heterocycles. The average molecular weight is 288 g/mol. The van der Waals surface area contributed by atoms with Gasteiger partial charge in [0.15, 0.2) is 0 Å². The number of aliphatic hydroxyl groups is 1. The summed E-state index contributed by atoms with van der Waals surface area (Å²) in [5.41, 5.74) is 2.45. The lowest BCUT2D eigenvalue weighted by Gasteiger charge is -2.21. The summed E-state index contributed by atoms with van der Waals surface area (Å²) in [4.78, 5) is 11.9. The molecule has 0 atom stereocenters. The molecule has 1 aromatic carbocycles. The third-order valence-corrected chi connectivity index (χ3v) is 2.69. The molecule has 0 spiro atoms. The number of hydrogen-bond acceptors (Lipinski definition) is 2. The predicted octanol–water partition coefficient (Wildman–Crippen LogP) is 2.90. The van der Waals surface area contributed by atoms with Crippen molar-refractivity contribution in [3.05, 3.63) is 29.3 Å². The Labute approximate surface area is 127 Å². The van der Waals surface area contributed by atoms with E-state index in [1.807, 2.05) is 45.9 Å². The van der Waals surface area contributed by atoms with Crippen molar-refractivity contribution in [1.29, 1.82) is 0 Å². The second kappa shape index (κ2) is 7.70. The van der Waals surface area contributed by atoms with Gasteiger partial charge in [-0.2, -0.15) is 0 Å². The standard InChI is InChI=1S/C17H24N2O2/c1-5-14-12-13(8-6-7-11-20)9-10-15(14)18-16(21)19-17(2,3)4/h9-10,12,20H,5,7,11H2,1-4H3,(H2,18,19,21). The van der Waals surface area contributed by atoms with Crippen molar-refractivity contribution in [2.45, 2.75) is 46.1 Å². The summed E-state index contributed by atoms with van der Waals surface area (Å²) in [7, 11) is 0.